The molecule has 3 fully saturated rings. The summed E-state index contributed by atoms with van der Waals surface area (Å²) in [7, 11) is 0. The Morgan fingerprint density at radius 1 is 0.944 bits per heavy atom. The van der Waals surface area contributed by atoms with Gasteiger partial charge in [0.1, 0.15) is 23.9 Å². The van der Waals surface area contributed by atoms with E-state index in [0.29, 0.717) is 29.3 Å². The maximum atomic E-state index is 13.9. The normalized spacial score (nSPS) is 26.2. The van der Waals surface area contributed by atoms with Crippen LogP contribution in [0.3, 0.4) is 0 Å². The molecule has 2 N–H and O–H groups in total. The predicted octanol–water partition coefficient (Wildman–Crippen LogP) is 6.41. The summed E-state index contributed by atoms with van der Waals surface area (Å²) in [6.45, 7) is 4.97. The average molecular weight is 736 g/mol. The molecule has 2 saturated heterocycles. The lowest BCUT2D eigenvalue weighted by Crippen LogP contribution is -2.45. The number of hydrogen-bond donors (Lipinski definition) is 2. The third kappa shape index (κ3) is 8.84. The van der Waals surface area contributed by atoms with Crippen molar-refractivity contribution in [3.8, 4) is 0 Å². The highest BCUT2D eigenvalue weighted by Crippen LogP contribution is 2.47. The first-order valence-electron chi connectivity index (χ1n) is 19.0. The molecule has 7 rings (SSSR count). The molecule has 284 valence electrons. The minimum absolute atomic E-state index is 0.0185. The Bertz CT molecular complexity index is 1830. The fourth-order valence-electron chi connectivity index (χ4n) is 7.60. The zero-order valence-corrected chi connectivity index (χ0v) is 31.0. The van der Waals surface area contributed by atoms with Crippen molar-refractivity contribution in [3.05, 3.63) is 125 Å². The highest BCUT2D eigenvalue weighted by Gasteiger charge is 2.55. The van der Waals surface area contributed by atoms with Crippen LogP contribution in [0.1, 0.15) is 86.3 Å². The highest BCUT2D eigenvalue weighted by molar-refractivity contribution is 5.94. The van der Waals surface area contributed by atoms with E-state index >= 15 is 0 Å². The number of carbonyl (C=O) groups excluding carboxylic acids is 3. The van der Waals surface area contributed by atoms with Gasteiger partial charge in [-0.25, -0.2) is 4.79 Å². The fraction of sp³-hybridized carbons (Fsp3) is 0.432. The first-order chi connectivity index (χ1) is 26.0. The maximum Gasteiger partial charge on any atom is 0.338 e. The van der Waals surface area contributed by atoms with Crippen molar-refractivity contribution in [1.82, 2.24) is 5.32 Å². The number of nitrogens with one attached hydrogen (secondary N) is 1. The second-order valence-electron chi connectivity index (χ2n) is 15.6. The van der Waals surface area contributed by atoms with E-state index in [4.69, 9.17) is 23.7 Å². The second-order valence-corrected chi connectivity index (χ2v) is 15.6. The number of hydrogen-bond acceptors (Lipinski definition) is 9. The van der Waals surface area contributed by atoms with Gasteiger partial charge in [-0.3, -0.25) is 9.59 Å². The molecule has 0 radical (unpaired) electrons. The first kappa shape index (κ1) is 37.7. The lowest BCUT2D eigenvalue weighted by molar-refractivity contribution is -0.157. The molecule has 7 atom stereocenters. The topological polar surface area (TPSA) is 133 Å². The summed E-state index contributed by atoms with van der Waals surface area (Å²) in [5.41, 5.74) is 2.43. The van der Waals surface area contributed by atoms with Crippen molar-refractivity contribution in [2.45, 2.75) is 107 Å². The molecule has 0 spiro atoms. The Morgan fingerprint density at radius 2 is 1.67 bits per heavy atom. The summed E-state index contributed by atoms with van der Waals surface area (Å²) in [4.78, 5) is 40.1. The van der Waals surface area contributed by atoms with Crippen molar-refractivity contribution in [2.75, 3.05) is 6.61 Å². The minimum Gasteiger partial charge on any atom is -0.460 e. The number of esters is 2. The van der Waals surface area contributed by atoms with Gasteiger partial charge in [-0.05, 0) is 76.1 Å². The average Bonchev–Trinajstić information content (AvgIpc) is 3.84. The summed E-state index contributed by atoms with van der Waals surface area (Å²) >= 11 is 0. The van der Waals surface area contributed by atoms with Crippen LogP contribution in [0.15, 0.2) is 103 Å². The Hall–Kier alpha value is -4.61. The number of aliphatic hydroxyl groups excluding tert-OH is 1. The van der Waals surface area contributed by atoms with Gasteiger partial charge in [-0.1, -0.05) is 84.9 Å². The smallest absolute Gasteiger partial charge is 0.338 e. The van der Waals surface area contributed by atoms with Crippen molar-refractivity contribution in [2.24, 2.45) is 5.92 Å². The van der Waals surface area contributed by atoms with Gasteiger partial charge in [-0.15, -0.1) is 0 Å². The first-order valence-corrected chi connectivity index (χ1v) is 19.0. The van der Waals surface area contributed by atoms with Gasteiger partial charge in [0.2, 0.25) is 11.7 Å². The van der Waals surface area contributed by atoms with Crippen LogP contribution in [0.5, 0.6) is 0 Å². The van der Waals surface area contributed by atoms with Crippen molar-refractivity contribution in [3.63, 3.8) is 0 Å². The minimum atomic E-state index is -1.35. The summed E-state index contributed by atoms with van der Waals surface area (Å²) in [6.07, 6.45) is 7.79. The zero-order valence-electron chi connectivity index (χ0n) is 31.0. The number of rotatable bonds is 12. The van der Waals surface area contributed by atoms with Crippen LogP contribution >= 0.6 is 0 Å². The quantitative estimate of drug-likeness (QED) is 0.160. The lowest BCUT2D eigenvalue weighted by Gasteiger charge is -2.31. The molecular formula is C44H49NO9. The number of amides is 1. The zero-order chi connectivity index (χ0) is 37.9. The molecular weight excluding hydrogens is 686 g/mol. The van der Waals surface area contributed by atoms with Gasteiger partial charge in [0.05, 0.1) is 30.4 Å². The van der Waals surface area contributed by atoms with Crippen LogP contribution in [0.4, 0.5) is 0 Å². The molecule has 3 aromatic rings. The third-order valence-corrected chi connectivity index (χ3v) is 10.3. The Morgan fingerprint density at radius 3 is 2.33 bits per heavy atom. The number of epoxide rings is 1. The summed E-state index contributed by atoms with van der Waals surface area (Å²) < 4.78 is 31.0. The second kappa shape index (κ2) is 16.0. The molecule has 4 aliphatic rings. The van der Waals surface area contributed by atoms with Crippen LogP contribution in [0.2, 0.25) is 0 Å². The van der Waals surface area contributed by atoms with E-state index in [1.54, 1.807) is 32.9 Å². The van der Waals surface area contributed by atoms with Crippen LogP contribution in [-0.4, -0.2) is 71.7 Å². The SMILES string of the molecule is CC(C)(C)OC(=O)CCC(CO)NC(=O)C1=CC2OC(c3ccccc3)(c3ccccc3)OC2C(OC(=O)c2cccc(C=CC3CCC4OC4C3)c2)C1. The number of carbonyl (C=O) groups is 3. The van der Waals surface area contributed by atoms with E-state index < -0.39 is 53.6 Å². The number of benzene rings is 3. The molecule has 10 nitrogen and oxygen atoms in total. The van der Waals surface area contributed by atoms with E-state index in [9.17, 15) is 19.5 Å². The highest BCUT2D eigenvalue weighted by atomic mass is 16.8. The van der Waals surface area contributed by atoms with Crippen LogP contribution < -0.4 is 5.32 Å². The number of ether oxygens (including phenoxy) is 5. The van der Waals surface area contributed by atoms with Gasteiger partial charge in [0.15, 0.2) is 0 Å². The lowest BCUT2D eigenvalue weighted by atomic mass is 9.88. The van der Waals surface area contributed by atoms with Gasteiger partial charge >= 0.3 is 11.9 Å². The molecule has 1 saturated carbocycles. The standard InChI is InChI=1S/C44H49NO9/c1-43(2,3)53-39(47)22-20-34(27-46)45-41(48)31-25-37(51-42(49)30-12-10-11-28(23-30)17-18-29-19-21-35-36(24-29)50-35)40-38(26-31)52-44(54-40,32-13-6-4-7-14-32)33-15-8-5-9-16-33/h4-18,23,26,29,34-38,40,46H,19-22,24-25,27H2,1-3H3,(H,45,48). The van der Waals surface area contributed by atoms with Gasteiger partial charge in [-0.2, -0.15) is 0 Å². The monoisotopic (exact) mass is 735 g/mol. The molecule has 2 aliphatic heterocycles. The van der Waals surface area contributed by atoms with Crippen molar-refractivity contribution in [1.29, 1.82) is 0 Å². The number of allylic oxidation sites excluding steroid dienone is 1. The molecule has 7 unspecified atom stereocenters. The Labute approximate surface area is 316 Å². The largest absolute Gasteiger partial charge is 0.460 e. The van der Waals surface area contributed by atoms with Crippen LogP contribution in [0, 0.1) is 5.92 Å². The molecule has 2 aliphatic carbocycles. The van der Waals surface area contributed by atoms with Crippen molar-refractivity contribution >= 4 is 23.9 Å². The molecule has 0 bridgehead atoms. The Kier molecular flexibility index (Phi) is 11.2. The summed E-state index contributed by atoms with van der Waals surface area (Å²) in [6, 6.07) is 25.7. The molecule has 0 aromatic heterocycles. The number of aliphatic hydroxyl groups is 1. The van der Waals surface area contributed by atoms with Crippen LogP contribution in [-0.2, 0) is 39.1 Å². The van der Waals surface area contributed by atoms with Gasteiger partial charge in [0.25, 0.3) is 0 Å². The van der Waals surface area contributed by atoms with E-state index in [1.807, 2.05) is 84.9 Å². The van der Waals surface area contributed by atoms with E-state index in [1.165, 1.54) is 0 Å². The van der Waals surface area contributed by atoms with E-state index in [-0.39, 0.29) is 25.9 Å². The molecule has 54 heavy (non-hydrogen) atoms. The van der Waals surface area contributed by atoms with Crippen LogP contribution in [0.25, 0.3) is 6.08 Å². The number of fused-ring (bicyclic) bond motifs is 2. The Balaban J connectivity index is 1.13. The van der Waals surface area contributed by atoms with Crippen molar-refractivity contribution < 1.29 is 43.2 Å². The molecule has 2 heterocycles. The molecule has 3 aromatic carbocycles. The maximum absolute atomic E-state index is 13.9. The van der Waals surface area contributed by atoms with Gasteiger partial charge < -0.3 is 34.1 Å². The van der Waals surface area contributed by atoms with Gasteiger partial charge in [0, 0.05) is 29.5 Å². The van der Waals surface area contributed by atoms with E-state index in [0.717, 1.165) is 36.0 Å². The molecule has 10 heteroatoms. The predicted molar refractivity (Wildman–Crippen MR) is 201 cm³/mol. The third-order valence-electron chi connectivity index (χ3n) is 10.3. The van der Waals surface area contributed by atoms with E-state index in [2.05, 4.69) is 11.4 Å². The summed E-state index contributed by atoms with van der Waals surface area (Å²) in [5.74, 6) is -2.33. The summed E-state index contributed by atoms with van der Waals surface area (Å²) in [5, 5.41) is 13.0. The fourth-order valence-corrected chi connectivity index (χ4v) is 7.60. The molecule has 1 amide bonds.